The summed E-state index contributed by atoms with van der Waals surface area (Å²) in [5, 5.41) is 9.51. The number of imidazole rings is 1. The van der Waals surface area contributed by atoms with Crippen molar-refractivity contribution in [3.63, 3.8) is 0 Å². The van der Waals surface area contributed by atoms with Crippen molar-refractivity contribution >= 4 is 17.7 Å². The maximum Gasteiger partial charge on any atom is 0.313 e. The van der Waals surface area contributed by atoms with Crippen molar-refractivity contribution < 1.29 is 9.90 Å². The van der Waals surface area contributed by atoms with Gasteiger partial charge in [0, 0.05) is 17.6 Å². The first-order valence-electron chi connectivity index (χ1n) is 6.10. The van der Waals surface area contributed by atoms with E-state index in [4.69, 9.17) is 5.11 Å². The lowest BCUT2D eigenvalue weighted by Gasteiger charge is -2.11. The molecule has 4 nitrogen and oxygen atoms in total. The van der Waals surface area contributed by atoms with Crippen LogP contribution in [0, 0.1) is 6.92 Å². The van der Waals surface area contributed by atoms with Gasteiger partial charge in [-0.3, -0.25) is 9.36 Å². The fourth-order valence-electron chi connectivity index (χ4n) is 1.89. The Labute approximate surface area is 116 Å². The molecule has 2 aromatic rings. The fourth-order valence-corrected chi connectivity index (χ4v) is 2.62. The highest BCUT2D eigenvalue weighted by Gasteiger charge is 2.12. The van der Waals surface area contributed by atoms with Crippen molar-refractivity contribution in [2.45, 2.75) is 25.4 Å². The second-order valence-electron chi connectivity index (χ2n) is 4.24. The van der Waals surface area contributed by atoms with Crippen LogP contribution >= 0.6 is 11.8 Å². The molecule has 0 aliphatic rings. The fraction of sp³-hybridized carbons (Fsp3) is 0.286. The molecule has 2 rings (SSSR count). The molecule has 0 radical (unpaired) electrons. The summed E-state index contributed by atoms with van der Waals surface area (Å²) in [6.45, 7) is 4.10. The van der Waals surface area contributed by atoms with Gasteiger partial charge < -0.3 is 5.11 Å². The average Bonchev–Trinajstić information content (AvgIpc) is 2.79. The quantitative estimate of drug-likeness (QED) is 0.853. The van der Waals surface area contributed by atoms with Gasteiger partial charge in [-0.2, -0.15) is 0 Å². The molecule has 0 aliphatic heterocycles. The molecule has 0 unspecified atom stereocenters. The van der Waals surface area contributed by atoms with Crippen LogP contribution in [0.2, 0.25) is 0 Å². The monoisotopic (exact) mass is 276 g/mol. The summed E-state index contributed by atoms with van der Waals surface area (Å²) in [5.41, 5.74) is 3.28. The molecule has 1 aromatic carbocycles. The van der Waals surface area contributed by atoms with Gasteiger partial charge in [-0.25, -0.2) is 4.98 Å². The minimum atomic E-state index is -0.832. The molecule has 0 aliphatic carbocycles. The van der Waals surface area contributed by atoms with Gasteiger partial charge in [0.25, 0.3) is 0 Å². The predicted octanol–water partition coefficient (Wildman–Crippen LogP) is 2.92. The van der Waals surface area contributed by atoms with Gasteiger partial charge >= 0.3 is 5.97 Å². The highest BCUT2D eigenvalue weighted by Crippen LogP contribution is 2.24. The van der Waals surface area contributed by atoms with E-state index in [9.17, 15) is 4.79 Å². The standard InChI is InChI=1S/C14H16N2O2S/c1-3-11-8-15-14(19-9-13(17)18)16(11)12-6-4-5-10(2)7-12/h4-8H,3,9H2,1-2H3,(H,17,18). The number of benzene rings is 1. The van der Waals surface area contributed by atoms with E-state index < -0.39 is 5.97 Å². The topological polar surface area (TPSA) is 55.1 Å². The van der Waals surface area contributed by atoms with E-state index in [0.717, 1.165) is 23.0 Å². The van der Waals surface area contributed by atoms with Crippen LogP contribution in [0.25, 0.3) is 5.69 Å². The third-order valence-corrected chi connectivity index (χ3v) is 3.69. The Morgan fingerprint density at radius 3 is 2.89 bits per heavy atom. The van der Waals surface area contributed by atoms with Crippen molar-refractivity contribution in [2.75, 3.05) is 5.75 Å². The number of hydrogen-bond donors (Lipinski definition) is 1. The van der Waals surface area contributed by atoms with Gasteiger partial charge in [0.15, 0.2) is 5.16 Å². The first-order chi connectivity index (χ1) is 9.11. The first-order valence-corrected chi connectivity index (χ1v) is 7.08. The molecule has 0 saturated carbocycles. The number of hydrogen-bond acceptors (Lipinski definition) is 3. The molecule has 0 bridgehead atoms. The summed E-state index contributed by atoms with van der Waals surface area (Å²) in [6.07, 6.45) is 2.67. The molecular weight excluding hydrogens is 260 g/mol. The van der Waals surface area contributed by atoms with Gasteiger partial charge in [-0.1, -0.05) is 30.8 Å². The highest BCUT2D eigenvalue weighted by atomic mass is 32.2. The Morgan fingerprint density at radius 1 is 1.47 bits per heavy atom. The summed E-state index contributed by atoms with van der Waals surface area (Å²) in [5.74, 6) is -0.812. The third-order valence-electron chi connectivity index (χ3n) is 2.75. The lowest BCUT2D eigenvalue weighted by molar-refractivity contribution is -0.133. The summed E-state index contributed by atoms with van der Waals surface area (Å²) in [7, 11) is 0. The molecule has 0 saturated heterocycles. The molecule has 1 N–H and O–H groups in total. The summed E-state index contributed by atoms with van der Waals surface area (Å²) >= 11 is 1.24. The summed E-state index contributed by atoms with van der Waals surface area (Å²) in [4.78, 5) is 15.0. The zero-order valence-corrected chi connectivity index (χ0v) is 11.8. The molecule has 0 fully saturated rings. The SMILES string of the molecule is CCc1cnc(SCC(=O)O)n1-c1cccc(C)c1. The summed E-state index contributed by atoms with van der Waals surface area (Å²) in [6, 6.07) is 8.12. The van der Waals surface area contributed by atoms with Gasteiger partial charge in [-0.05, 0) is 31.0 Å². The van der Waals surface area contributed by atoms with E-state index in [1.807, 2.05) is 35.9 Å². The van der Waals surface area contributed by atoms with Gasteiger partial charge in [-0.15, -0.1) is 0 Å². The number of thioether (sulfide) groups is 1. The van der Waals surface area contributed by atoms with Crippen molar-refractivity contribution in [3.05, 3.63) is 41.7 Å². The summed E-state index contributed by atoms with van der Waals surface area (Å²) < 4.78 is 2.03. The molecule has 1 aromatic heterocycles. The number of aliphatic carboxylic acids is 1. The average molecular weight is 276 g/mol. The smallest absolute Gasteiger partial charge is 0.313 e. The molecule has 0 spiro atoms. The Bertz CT molecular complexity index is 593. The minimum absolute atomic E-state index is 0.0198. The molecule has 5 heteroatoms. The molecule has 19 heavy (non-hydrogen) atoms. The van der Waals surface area contributed by atoms with Crippen LogP contribution in [0.1, 0.15) is 18.2 Å². The lowest BCUT2D eigenvalue weighted by atomic mass is 10.2. The van der Waals surface area contributed by atoms with Crippen molar-refractivity contribution in [3.8, 4) is 5.69 Å². The number of nitrogens with zero attached hydrogens (tertiary/aromatic N) is 2. The van der Waals surface area contributed by atoms with Crippen LogP contribution in [-0.2, 0) is 11.2 Å². The van der Waals surface area contributed by atoms with Crippen LogP contribution in [0.15, 0.2) is 35.6 Å². The zero-order valence-electron chi connectivity index (χ0n) is 11.0. The van der Waals surface area contributed by atoms with E-state index in [-0.39, 0.29) is 5.75 Å². The number of rotatable bonds is 5. The Hall–Kier alpha value is -1.75. The van der Waals surface area contributed by atoms with E-state index in [1.165, 1.54) is 17.3 Å². The normalized spacial score (nSPS) is 10.6. The largest absolute Gasteiger partial charge is 0.481 e. The maximum absolute atomic E-state index is 10.7. The minimum Gasteiger partial charge on any atom is -0.481 e. The predicted molar refractivity (Wildman–Crippen MR) is 76.0 cm³/mol. The highest BCUT2D eigenvalue weighted by molar-refractivity contribution is 7.99. The van der Waals surface area contributed by atoms with Crippen LogP contribution in [-0.4, -0.2) is 26.4 Å². The number of carboxylic acids is 1. The van der Waals surface area contributed by atoms with Gasteiger partial charge in [0.1, 0.15) is 0 Å². The second-order valence-corrected chi connectivity index (χ2v) is 5.18. The Morgan fingerprint density at radius 2 is 2.26 bits per heavy atom. The second kappa shape index (κ2) is 5.93. The number of aryl methyl sites for hydroxylation is 2. The van der Waals surface area contributed by atoms with Crippen molar-refractivity contribution in [2.24, 2.45) is 0 Å². The number of carbonyl (C=O) groups is 1. The van der Waals surface area contributed by atoms with Crippen LogP contribution in [0.3, 0.4) is 0 Å². The van der Waals surface area contributed by atoms with Crippen molar-refractivity contribution in [1.82, 2.24) is 9.55 Å². The molecule has 1 heterocycles. The van der Waals surface area contributed by atoms with E-state index in [1.54, 1.807) is 0 Å². The molecule has 100 valence electrons. The van der Waals surface area contributed by atoms with E-state index >= 15 is 0 Å². The molecular formula is C14H16N2O2S. The zero-order chi connectivity index (χ0) is 13.8. The van der Waals surface area contributed by atoms with Crippen molar-refractivity contribution in [1.29, 1.82) is 0 Å². The molecule has 0 amide bonds. The van der Waals surface area contributed by atoms with Gasteiger partial charge in [0.05, 0.1) is 5.75 Å². The first kappa shape index (κ1) is 13.7. The van der Waals surface area contributed by atoms with Crippen LogP contribution < -0.4 is 0 Å². The lowest BCUT2D eigenvalue weighted by Crippen LogP contribution is -2.04. The van der Waals surface area contributed by atoms with Crippen LogP contribution in [0.5, 0.6) is 0 Å². The Balaban J connectivity index is 2.41. The maximum atomic E-state index is 10.7. The van der Waals surface area contributed by atoms with Gasteiger partial charge in [0.2, 0.25) is 0 Å². The molecule has 0 atom stereocenters. The third kappa shape index (κ3) is 3.17. The van der Waals surface area contributed by atoms with E-state index in [0.29, 0.717) is 0 Å². The number of carboxylic acid groups (broad SMARTS) is 1. The van der Waals surface area contributed by atoms with Crippen LogP contribution in [0.4, 0.5) is 0 Å². The van der Waals surface area contributed by atoms with E-state index in [2.05, 4.69) is 18.0 Å². The Kier molecular flexibility index (Phi) is 4.27. The number of aromatic nitrogens is 2.